The number of nitrogens with one attached hydrogen (secondary N) is 3. The predicted molar refractivity (Wildman–Crippen MR) is 102 cm³/mol. The zero-order valence-corrected chi connectivity index (χ0v) is 16.8. The topological polar surface area (TPSA) is 145 Å². The standard InChI is InChI=1S/C19H27N5O5/c1-9-13(22-6-4-5-21-2)16(26)12-10(8-29-18(20)27)19(28-3)17-11(23-17)7-24(19)14(12)15(9)25/h10-11,17,21-23H,4-8H2,1-3H3,(H2,20,27)/t10-,11+,17+,19-/m1/s1. The summed E-state index contributed by atoms with van der Waals surface area (Å²) in [5.74, 6) is -1.05. The third-order valence-corrected chi connectivity index (χ3v) is 6.33. The fraction of sp³-hybridized carbons (Fsp3) is 0.632. The first-order valence-electron chi connectivity index (χ1n) is 9.82. The van der Waals surface area contributed by atoms with Crippen LogP contribution in [0.5, 0.6) is 0 Å². The van der Waals surface area contributed by atoms with Gasteiger partial charge in [-0.05, 0) is 26.9 Å². The lowest BCUT2D eigenvalue weighted by Crippen LogP contribution is -2.55. The van der Waals surface area contributed by atoms with Crippen LogP contribution in [0.4, 0.5) is 4.79 Å². The molecule has 0 unspecified atom stereocenters. The zero-order chi connectivity index (χ0) is 20.9. The Morgan fingerprint density at radius 3 is 2.76 bits per heavy atom. The van der Waals surface area contributed by atoms with Gasteiger partial charge in [0.25, 0.3) is 0 Å². The zero-order valence-electron chi connectivity index (χ0n) is 16.8. The molecule has 10 heteroatoms. The number of fused-ring (bicyclic) bond motifs is 4. The van der Waals surface area contributed by atoms with Crippen LogP contribution in [0.25, 0.3) is 0 Å². The number of hydrogen-bond donors (Lipinski definition) is 4. The van der Waals surface area contributed by atoms with Crippen molar-refractivity contribution in [2.45, 2.75) is 31.2 Å². The summed E-state index contributed by atoms with van der Waals surface area (Å²) in [6.07, 6.45) is -0.127. The van der Waals surface area contributed by atoms with Crippen molar-refractivity contribution in [2.24, 2.45) is 11.7 Å². The van der Waals surface area contributed by atoms with Crippen LogP contribution < -0.4 is 21.7 Å². The van der Waals surface area contributed by atoms with E-state index >= 15 is 0 Å². The molecule has 158 valence electrons. The van der Waals surface area contributed by atoms with Gasteiger partial charge in [0.05, 0.1) is 23.4 Å². The summed E-state index contributed by atoms with van der Waals surface area (Å²) in [7, 11) is 3.41. The van der Waals surface area contributed by atoms with E-state index in [-0.39, 0.29) is 30.3 Å². The van der Waals surface area contributed by atoms with Crippen molar-refractivity contribution in [3.8, 4) is 0 Å². The molecule has 0 aromatic carbocycles. The molecule has 4 rings (SSSR count). The normalized spacial score (nSPS) is 32.4. The van der Waals surface area contributed by atoms with Gasteiger partial charge < -0.3 is 36.1 Å². The number of allylic oxidation sites excluding steroid dienone is 2. The fourth-order valence-electron chi connectivity index (χ4n) is 4.98. The summed E-state index contributed by atoms with van der Waals surface area (Å²) in [5.41, 5.74) is 5.64. The van der Waals surface area contributed by atoms with E-state index in [1.807, 2.05) is 11.9 Å². The smallest absolute Gasteiger partial charge is 0.404 e. The van der Waals surface area contributed by atoms with Crippen LogP contribution in [-0.4, -0.2) is 80.8 Å². The molecule has 0 saturated carbocycles. The minimum atomic E-state index is -0.946. The van der Waals surface area contributed by atoms with Gasteiger partial charge in [-0.2, -0.15) is 0 Å². The highest BCUT2D eigenvalue weighted by Gasteiger charge is 2.72. The molecule has 5 N–H and O–H groups in total. The molecule has 0 radical (unpaired) electrons. The van der Waals surface area contributed by atoms with E-state index in [2.05, 4.69) is 16.0 Å². The summed E-state index contributed by atoms with van der Waals surface area (Å²) < 4.78 is 11.0. The van der Waals surface area contributed by atoms with E-state index < -0.39 is 17.7 Å². The van der Waals surface area contributed by atoms with Gasteiger partial charge in [-0.15, -0.1) is 0 Å². The second-order valence-corrected chi connectivity index (χ2v) is 7.80. The molecule has 2 fully saturated rings. The number of ether oxygens (including phenoxy) is 2. The Labute approximate surface area is 168 Å². The Kier molecular flexibility index (Phi) is 4.88. The minimum absolute atomic E-state index is 0.0486. The maximum Gasteiger partial charge on any atom is 0.404 e. The molecule has 2 saturated heterocycles. The number of carbonyl (C=O) groups excluding carboxylic acids is 3. The molecule has 10 nitrogen and oxygen atoms in total. The van der Waals surface area contributed by atoms with Gasteiger partial charge in [0, 0.05) is 37.4 Å². The van der Waals surface area contributed by atoms with Crippen molar-refractivity contribution >= 4 is 17.7 Å². The monoisotopic (exact) mass is 405 g/mol. The molecule has 0 spiro atoms. The van der Waals surface area contributed by atoms with E-state index in [0.29, 0.717) is 35.6 Å². The summed E-state index contributed by atoms with van der Waals surface area (Å²) in [6, 6.07) is 0.126. The van der Waals surface area contributed by atoms with Gasteiger partial charge in [-0.1, -0.05) is 0 Å². The first kappa shape index (κ1) is 19.9. The van der Waals surface area contributed by atoms with Gasteiger partial charge in [-0.25, -0.2) is 4.79 Å². The third-order valence-electron chi connectivity index (χ3n) is 6.33. The number of Topliss-reactive ketones (excluding diaryl/α,β-unsaturated/α-hetero) is 2. The number of hydrogen-bond acceptors (Lipinski definition) is 9. The summed E-state index contributed by atoms with van der Waals surface area (Å²) in [4.78, 5) is 39.9. The number of rotatable bonds is 8. The Morgan fingerprint density at radius 1 is 1.34 bits per heavy atom. The van der Waals surface area contributed by atoms with E-state index in [1.165, 1.54) is 0 Å². The van der Waals surface area contributed by atoms with Crippen LogP contribution >= 0.6 is 0 Å². The number of amides is 1. The highest BCUT2D eigenvalue weighted by atomic mass is 16.6. The van der Waals surface area contributed by atoms with Gasteiger partial charge in [0.15, 0.2) is 5.72 Å². The van der Waals surface area contributed by atoms with E-state index in [0.717, 1.165) is 13.0 Å². The lowest BCUT2D eigenvalue weighted by atomic mass is 9.82. The van der Waals surface area contributed by atoms with Gasteiger partial charge in [0.1, 0.15) is 6.61 Å². The van der Waals surface area contributed by atoms with Crippen LogP contribution in [0, 0.1) is 5.92 Å². The van der Waals surface area contributed by atoms with Crippen molar-refractivity contribution < 1.29 is 23.9 Å². The first-order chi connectivity index (χ1) is 13.9. The van der Waals surface area contributed by atoms with Gasteiger partial charge >= 0.3 is 6.09 Å². The summed E-state index contributed by atoms with van der Waals surface area (Å²) in [6.45, 7) is 3.44. The Morgan fingerprint density at radius 2 is 2.10 bits per heavy atom. The molecule has 29 heavy (non-hydrogen) atoms. The molecular formula is C19H27N5O5. The molecule has 1 aliphatic carbocycles. The van der Waals surface area contributed by atoms with Gasteiger partial charge in [0.2, 0.25) is 11.6 Å². The van der Waals surface area contributed by atoms with Gasteiger partial charge in [-0.3, -0.25) is 9.59 Å². The summed E-state index contributed by atoms with van der Waals surface area (Å²) >= 11 is 0. The average Bonchev–Trinajstić information content (AvgIpc) is 3.30. The van der Waals surface area contributed by atoms with Crippen molar-refractivity contribution in [1.82, 2.24) is 20.9 Å². The number of primary amides is 1. The van der Waals surface area contributed by atoms with E-state index in [1.54, 1.807) is 14.0 Å². The third kappa shape index (κ3) is 2.77. The van der Waals surface area contributed by atoms with E-state index in [4.69, 9.17) is 15.2 Å². The maximum absolute atomic E-state index is 13.5. The lowest BCUT2D eigenvalue weighted by molar-refractivity contribution is -0.137. The van der Waals surface area contributed by atoms with Crippen LogP contribution in [-0.2, 0) is 19.1 Å². The molecule has 0 bridgehead atoms. The number of methoxy groups -OCH3 is 1. The highest BCUT2D eigenvalue weighted by molar-refractivity contribution is 6.25. The molecule has 1 amide bonds. The second kappa shape index (κ2) is 7.12. The van der Waals surface area contributed by atoms with E-state index in [9.17, 15) is 14.4 Å². The fourth-order valence-corrected chi connectivity index (χ4v) is 4.98. The molecular weight excluding hydrogens is 378 g/mol. The first-order valence-corrected chi connectivity index (χ1v) is 9.82. The number of piperazine rings is 1. The number of nitrogens with two attached hydrogens (primary N) is 1. The second-order valence-electron chi connectivity index (χ2n) is 7.80. The lowest BCUT2D eigenvalue weighted by Gasteiger charge is -2.39. The molecule has 4 aliphatic rings. The van der Waals surface area contributed by atoms with Crippen LogP contribution in [0.15, 0.2) is 22.5 Å². The quantitative estimate of drug-likeness (QED) is 0.217. The van der Waals surface area contributed by atoms with Crippen LogP contribution in [0.3, 0.4) is 0 Å². The van der Waals surface area contributed by atoms with Crippen molar-refractivity contribution in [3.63, 3.8) is 0 Å². The molecule has 3 heterocycles. The van der Waals surface area contributed by atoms with Crippen molar-refractivity contribution in [2.75, 3.05) is 40.4 Å². The maximum atomic E-state index is 13.5. The summed E-state index contributed by atoms with van der Waals surface area (Å²) in [5, 5.41) is 9.51. The van der Waals surface area contributed by atoms with Crippen molar-refractivity contribution in [3.05, 3.63) is 22.5 Å². The molecule has 0 aromatic heterocycles. The molecule has 3 aliphatic heterocycles. The van der Waals surface area contributed by atoms with Crippen LogP contribution in [0.1, 0.15) is 13.3 Å². The number of carbonyl (C=O) groups is 3. The number of ketones is 2. The Bertz CT molecular complexity index is 837. The predicted octanol–water partition coefficient (Wildman–Crippen LogP) is -1.41. The highest BCUT2D eigenvalue weighted by Crippen LogP contribution is 2.55. The van der Waals surface area contributed by atoms with Crippen molar-refractivity contribution in [1.29, 1.82) is 0 Å². The molecule has 0 aromatic rings. The minimum Gasteiger partial charge on any atom is -0.449 e. The molecule has 4 atom stereocenters. The van der Waals surface area contributed by atoms with Crippen LogP contribution in [0.2, 0.25) is 0 Å². The Balaban J connectivity index is 1.69. The average molecular weight is 405 g/mol. The number of nitrogens with zero attached hydrogens (tertiary/aromatic N) is 1. The Hall–Kier alpha value is -2.43. The SMILES string of the molecule is CNCCCNC1=C(C)C(=O)C2=C(C1=O)[C@@H](COC(N)=O)[C@@]1(OC)[C@H]3N[C@H]3CN21. The largest absolute Gasteiger partial charge is 0.449 e.